The van der Waals surface area contributed by atoms with E-state index in [-0.39, 0.29) is 17.4 Å². The number of hydrogen-bond acceptors (Lipinski definition) is 3. The van der Waals surface area contributed by atoms with Gasteiger partial charge >= 0.3 is 0 Å². The van der Waals surface area contributed by atoms with Crippen LogP contribution in [0.3, 0.4) is 0 Å². The maximum atomic E-state index is 12.2. The lowest BCUT2D eigenvalue weighted by Crippen LogP contribution is -2.56. The fourth-order valence-electron chi connectivity index (χ4n) is 2.60. The van der Waals surface area contributed by atoms with Crippen LogP contribution in [0, 0.1) is 5.41 Å². The van der Waals surface area contributed by atoms with Crippen LogP contribution in [0.4, 0.5) is 0 Å². The summed E-state index contributed by atoms with van der Waals surface area (Å²) in [6, 6.07) is -0.0195. The molecule has 4 heteroatoms. The molecule has 0 aromatic heterocycles. The molecule has 1 heterocycles. The predicted octanol–water partition coefficient (Wildman–Crippen LogP) is 1.78. The third kappa shape index (κ3) is 2.97. The van der Waals surface area contributed by atoms with Crippen molar-refractivity contribution in [2.24, 2.45) is 5.41 Å². The minimum Gasteiger partial charge on any atom is -0.353 e. The molecule has 0 bridgehead atoms. The normalized spacial score (nSPS) is 29.7. The smallest absolute Gasteiger partial charge is 0.237 e. The number of amides is 1. The van der Waals surface area contributed by atoms with Gasteiger partial charge in [-0.15, -0.1) is 0 Å². The molecule has 2 N–H and O–H groups in total. The van der Waals surface area contributed by atoms with E-state index in [2.05, 4.69) is 30.7 Å². The van der Waals surface area contributed by atoms with Crippen molar-refractivity contribution in [1.82, 2.24) is 10.6 Å². The van der Waals surface area contributed by atoms with Crippen molar-refractivity contribution < 1.29 is 4.79 Å². The van der Waals surface area contributed by atoms with E-state index in [0.29, 0.717) is 4.75 Å². The average molecular weight is 256 g/mol. The first kappa shape index (κ1) is 13.2. The molecule has 1 aliphatic heterocycles. The van der Waals surface area contributed by atoms with Crippen LogP contribution < -0.4 is 10.6 Å². The van der Waals surface area contributed by atoms with Gasteiger partial charge in [0.05, 0.1) is 6.04 Å². The zero-order valence-electron chi connectivity index (χ0n) is 11.1. The van der Waals surface area contributed by atoms with Crippen molar-refractivity contribution in [1.29, 1.82) is 0 Å². The van der Waals surface area contributed by atoms with Crippen molar-refractivity contribution in [3.63, 3.8) is 0 Å². The van der Waals surface area contributed by atoms with Gasteiger partial charge in [-0.05, 0) is 43.9 Å². The molecule has 1 atom stereocenters. The van der Waals surface area contributed by atoms with Crippen LogP contribution in [0.25, 0.3) is 0 Å². The molecule has 17 heavy (non-hydrogen) atoms. The van der Waals surface area contributed by atoms with Crippen molar-refractivity contribution in [3.05, 3.63) is 0 Å². The first-order chi connectivity index (χ1) is 7.99. The Hall–Kier alpha value is -0.220. The van der Waals surface area contributed by atoms with Crippen LogP contribution in [-0.4, -0.2) is 36.0 Å². The van der Waals surface area contributed by atoms with E-state index in [1.807, 2.05) is 11.8 Å². The number of nitrogens with one attached hydrogen (secondary N) is 2. The quantitative estimate of drug-likeness (QED) is 0.805. The summed E-state index contributed by atoms with van der Waals surface area (Å²) in [6.45, 7) is 6.17. The summed E-state index contributed by atoms with van der Waals surface area (Å²) in [5, 5.41) is 6.50. The van der Waals surface area contributed by atoms with E-state index in [0.717, 1.165) is 19.5 Å². The highest BCUT2D eigenvalue weighted by Gasteiger charge is 2.43. The topological polar surface area (TPSA) is 41.1 Å². The average Bonchev–Trinajstić information content (AvgIpc) is 3.06. The minimum atomic E-state index is -0.0195. The van der Waals surface area contributed by atoms with Crippen molar-refractivity contribution >= 4 is 17.7 Å². The molecular weight excluding hydrogens is 232 g/mol. The second-order valence-corrected chi connectivity index (χ2v) is 7.36. The van der Waals surface area contributed by atoms with Gasteiger partial charge < -0.3 is 10.6 Å². The Kier molecular flexibility index (Phi) is 3.74. The van der Waals surface area contributed by atoms with Crippen LogP contribution in [-0.2, 0) is 4.79 Å². The lowest BCUT2D eigenvalue weighted by Gasteiger charge is -2.38. The first-order valence-corrected chi connectivity index (χ1v) is 7.78. The monoisotopic (exact) mass is 256 g/mol. The van der Waals surface area contributed by atoms with E-state index in [9.17, 15) is 4.79 Å². The predicted molar refractivity (Wildman–Crippen MR) is 73.3 cm³/mol. The molecule has 2 aliphatic rings. The van der Waals surface area contributed by atoms with Gasteiger partial charge in [-0.2, -0.15) is 11.8 Å². The van der Waals surface area contributed by atoms with Crippen molar-refractivity contribution in [3.8, 4) is 0 Å². The van der Waals surface area contributed by atoms with Crippen LogP contribution in [0.5, 0.6) is 0 Å². The molecule has 0 radical (unpaired) electrons. The molecule has 0 aromatic carbocycles. The van der Waals surface area contributed by atoms with Gasteiger partial charge in [0.2, 0.25) is 5.91 Å². The van der Waals surface area contributed by atoms with Gasteiger partial charge in [-0.3, -0.25) is 4.79 Å². The summed E-state index contributed by atoms with van der Waals surface area (Å²) < 4.78 is 0.356. The van der Waals surface area contributed by atoms with E-state index < -0.39 is 0 Å². The maximum absolute atomic E-state index is 12.2. The van der Waals surface area contributed by atoms with Gasteiger partial charge in [0.1, 0.15) is 0 Å². The maximum Gasteiger partial charge on any atom is 0.237 e. The Balaban J connectivity index is 1.86. The Morgan fingerprint density at radius 2 is 2.12 bits per heavy atom. The number of carbonyl (C=O) groups is 1. The number of rotatable bonds is 4. The lowest BCUT2D eigenvalue weighted by atomic mass is 9.77. The summed E-state index contributed by atoms with van der Waals surface area (Å²) in [7, 11) is 0. The highest BCUT2D eigenvalue weighted by molar-refractivity contribution is 8.00. The Labute approximate surface area is 108 Å². The zero-order chi connectivity index (χ0) is 12.5. The summed E-state index contributed by atoms with van der Waals surface area (Å²) in [5.41, 5.74) is 0.0818. The fraction of sp³-hybridized carbons (Fsp3) is 0.923. The third-order valence-electron chi connectivity index (χ3n) is 4.22. The molecule has 1 saturated carbocycles. The van der Waals surface area contributed by atoms with Gasteiger partial charge in [0, 0.05) is 11.3 Å². The highest BCUT2D eigenvalue weighted by Crippen LogP contribution is 2.46. The summed E-state index contributed by atoms with van der Waals surface area (Å²) in [5.74, 6) is 0.190. The molecule has 0 spiro atoms. The SMILES string of the molecule is CSC1(CNC(=O)C2NCCCC2(C)C)CC1. The van der Waals surface area contributed by atoms with Crippen molar-refractivity contribution in [2.75, 3.05) is 19.3 Å². The largest absolute Gasteiger partial charge is 0.353 e. The molecule has 98 valence electrons. The summed E-state index contributed by atoms with van der Waals surface area (Å²) in [6.07, 6.45) is 6.94. The van der Waals surface area contributed by atoms with Gasteiger partial charge in [-0.1, -0.05) is 13.8 Å². The first-order valence-electron chi connectivity index (χ1n) is 6.55. The third-order valence-corrected chi connectivity index (χ3v) is 5.63. The second kappa shape index (κ2) is 4.81. The van der Waals surface area contributed by atoms with Gasteiger partial charge in [0.25, 0.3) is 0 Å². The van der Waals surface area contributed by atoms with Crippen LogP contribution in [0.1, 0.15) is 39.5 Å². The standard InChI is InChI=1S/C13H24N2OS/c1-12(2)5-4-8-14-10(12)11(16)15-9-13(17-3)6-7-13/h10,14H,4-9H2,1-3H3,(H,15,16). The van der Waals surface area contributed by atoms with E-state index in [1.165, 1.54) is 19.3 Å². The summed E-state index contributed by atoms with van der Waals surface area (Å²) >= 11 is 1.89. The molecule has 2 rings (SSSR count). The van der Waals surface area contributed by atoms with Crippen molar-refractivity contribution in [2.45, 2.75) is 50.3 Å². The highest BCUT2D eigenvalue weighted by atomic mass is 32.2. The zero-order valence-corrected chi connectivity index (χ0v) is 12.0. The molecule has 1 unspecified atom stereocenters. The van der Waals surface area contributed by atoms with Gasteiger partial charge in [0.15, 0.2) is 0 Å². The Bertz CT molecular complexity index is 300. The van der Waals surface area contributed by atoms with E-state index in [4.69, 9.17) is 0 Å². The summed E-state index contributed by atoms with van der Waals surface area (Å²) in [4.78, 5) is 12.2. The molecule has 1 aliphatic carbocycles. The minimum absolute atomic E-state index is 0.0195. The molecule has 0 aromatic rings. The Morgan fingerprint density at radius 3 is 2.65 bits per heavy atom. The number of hydrogen-bond donors (Lipinski definition) is 2. The fourth-order valence-corrected chi connectivity index (χ4v) is 3.33. The molecule has 1 saturated heterocycles. The van der Waals surface area contributed by atoms with Crippen LogP contribution in [0.15, 0.2) is 0 Å². The Morgan fingerprint density at radius 1 is 1.41 bits per heavy atom. The van der Waals surface area contributed by atoms with Gasteiger partial charge in [-0.25, -0.2) is 0 Å². The molecule has 1 amide bonds. The second-order valence-electron chi connectivity index (χ2n) is 6.08. The molecule has 3 nitrogen and oxygen atoms in total. The molecule has 2 fully saturated rings. The number of thioether (sulfide) groups is 1. The van der Waals surface area contributed by atoms with E-state index in [1.54, 1.807) is 0 Å². The molecular formula is C13H24N2OS. The van der Waals surface area contributed by atoms with Crippen LogP contribution >= 0.6 is 11.8 Å². The number of piperidine rings is 1. The van der Waals surface area contributed by atoms with E-state index >= 15 is 0 Å². The van der Waals surface area contributed by atoms with Crippen LogP contribution in [0.2, 0.25) is 0 Å². The lowest BCUT2D eigenvalue weighted by molar-refractivity contribution is -0.126. The number of carbonyl (C=O) groups excluding carboxylic acids is 1.